The number of fused-ring (bicyclic) bond motifs is 5. The maximum atomic E-state index is 4.00. The van der Waals surface area contributed by atoms with Gasteiger partial charge in [-0.3, -0.25) is 6.08 Å². The fraction of sp³-hybridized carbons (Fsp3) is 0.197. The molecule has 0 amide bonds. The summed E-state index contributed by atoms with van der Waals surface area (Å²) in [4.78, 5) is 0. The molecule has 0 heterocycles. The van der Waals surface area contributed by atoms with E-state index < -0.39 is 0 Å². The molecule has 62 heavy (non-hydrogen) atoms. The van der Waals surface area contributed by atoms with Gasteiger partial charge in [-0.1, -0.05) is 161 Å². The number of hydrogen-bond donors (Lipinski definition) is 0. The Kier molecular flexibility index (Phi) is 13.1. The van der Waals surface area contributed by atoms with Gasteiger partial charge in [0.05, 0.1) is 0 Å². The Morgan fingerprint density at radius 1 is 0.516 bits per heavy atom. The Hall–Kier alpha value is -5.49. The van der Waals surface area contributed by atoms with Gasteiger partial charge in [0.25, 0.3) is 0 Å². The third-order valence-electron chi connectivity index (χ3n) is 11.9. The molecule has 0 bridgehead atoms. The van der Waals surface area contributed by atoms with Crippen LogP contribution in [0, 0.1) is 12.1 Å². The van der Waals surface area contributed by atoms with Crippen LogP contribution in [0.25, 0.3) is 54.9 Å². The summed E-state index contributed by atoms with van der Waals surface area (Å²) in [5.41, 5.74) is 16.2. The molecule has 0 fully saturated rings. The number of benzene rings is 8. The monoisotopic (exact) mass is 878 g/mol. The summed E-state index contributed by atoms with van der Waals surface area (Å²) >= 11 is 1.55. The Bertz CT molecular complexity index is 2700. The fourth-order valence-electron chi connectivity index (χ4n) is 8.84. The van der Waals surface area contributed by atoms with Crippen LogP contribution < -0.4 is 0 Å². The summed E-state index contributed by atoms with van der Waals surface area (Å²) < 4.78 is 1.60. The molecule has 0 nitrogen and oxygen atoms in total. The van der Waals surface area contributed by atoms with Crippen molar-refractivity contribution in [3.8, 4) is 33.4 Å². The van der Waals surface area contributed by atoms with Crippen LogP contribution in [-0.4, -0.2) is 3.21 Å². The molecule has 8 aromatic rings. The van der Waals surface area contributed by atoms with Gasteiger partial charge in [0.1, 0.15) is 0 Å². The van der Waals surface area contributed by atoms with E-state index in [0.717, 1.165) is 25.7 Å². The van der Waals surface area contributed by atoms with E-state index in [1.54, 1.807) is 27.4 Å². The standard InChI is InChI=1S/C41H37.C15H14.C5H5.Zr/c1-40(2,3)38-24-34-28(22-36(38)32-19-11-15-26-13-7-9-17-30(26)32)21-29-23-37(39(25-35(29)34)41(4,5)6)33-20-12-16-27-14-8-10-18-31(27)33;1-3-8-14(9-4-1)12-7-13-15-10-5-2-6-11-15;1-2-4-5-3-1;/h7-20,22,24-25H,21H2,1-6H3;1-6,8-11H,12-13H2;1-3H,4H2;/q-1;;-1;+2. The molecule has 8 aromatic carbocycles. The van der Waals surface area contributed by atoms with Crippen LogP contribution in [0.4, 0.5) is 0 Å². The zero-order valence-electron chi connectivity index (χ0n) is 37.1. The molecular weight excluding hydrogens is 824 g/mol. The summed E-state index contributed by atoms with van der Waals surface area (Å²) in [5, 5.41) is 5.17. The van der Waals surface area contributed by atoms with Crippen molar-refractivity contribution in [3.05, 3.63) is 228 Å². The summed E-state index contributed by atoms with van der Waals surface area (Å²) in [7, 11) is 0. The van der Waals surface area contributed by atoms with Crippen molar-refractivity contribution < 1.29 is 24.2 Å². The predicted octanol–water partition coefficient (Wildman–Crippen LogP) is 15.8. The van der Waals surface area contributed by atoms with Crippen LogP contribution in [0.15, 0.2) is 182 Å². The molecule has 1 heteroatoms. The van der Waals surface area contributed by atoms with Crippen LogP contribution in [0.1, 0.15) is 81.3 Å². The molecule has 0 atom stereocenters. The molecule has 2 aliphatic carbocycles. The van der Waals surface area contributed by atoms with Crippen LogP contribution in [-0.2, 0) is 54.3 Å². The predicted molar refractivity (Wildman–Crippen MR) is 264 cm³/mol. The number of hydrogen-bond acceptors (Lipinski definition) is 0. The second kappa shape index (κ2) is 18.9. The third-order valence-corrected chi connectivity index (χ3v) is 12.8. The van der Waals surface area contributed by atoms with Gasteiger partial charge >= 0.3 is 112 Å². The summed E-state index contributed by atoms with van der Waals surface area (Å²) in [6, 6.07) is 63.8. The van der Waals surface area contributed by atoms with Crippen LogP contribution in [0.2, 0.25) is 0 Å². The van der Waals surface area contributed by atoms with Crippen molar-refractivity contribution in [1.29, 1.82) is 0 Å². The minimum absolute atomic E-state index is 0.00350. The molecule has 2 aliphatic rings. The zero-order valence-corrected chi connectivity index (χ0v) is 39.6. The molecule has 0 radical (unpaired) electrons. The molecule has 304 valence electrons. The molecule has 0 saturated heterocycles. The van der Waals surface area contributed by atoms with Crippen molar-refractivity contribution in [2.45, 2.75) is 78.1 Å². The minimum atomic E-state index is -0.0175. The summed E-state index contributed by atoms with van der Waals surface area (Å²) in [6.45, 7) is 14.0. The first-order valence-electron chi connectivity index (χ1n) is 22.0. The Labute approximate surface area is 385 Å². The topological polar surface area (TPSA) is 0 Å². The van der Waals surface area contributed by atoms with E-state index in [1.165, 1.54) is 88.3 Å². The van der Waals surface area contributed by atoms with Crippen molar-refractivity contribution in [1.82, 2.24) is 0 Å². The molecule has 0 spiro atoms. The number of rotatable bonds is 6. The van der Waals surface area contributed by atoms with Gasteiger partial charge in [-0.2, -0.15) is 6.08 Å². The van der Waals surface area contributed by atoms with E-state index in [1.807, 2.05) is 12.2 Å². The normalized spacial score (nSPS) is 12.6. The SMILES string of the molecule is CC(C)(C)c1cc2c([c-]c1-c1cccc3ccccc13)Cc1cc(-c3cccc4ccccc34)c(C(C)(C)C)cc1-2.[C-]1=CC=CC1.[Zr+2]=[C](Cc1ccccc1)Cc1ccccc1. The van der Waals surface area contributed by atoms with E-state index in [-0.39, 0.29) is 10.8 Å². The van der Waals surface area contributed by atoms with Crippen molar-refractivity contribution in [2.24, 2.45) is 0 Å². The second-order valence-corrected chi connectivity index (χ2v) is 20.4. The van der Waals surface area contributed by atoms with Gasteiger partial charge < -0.3 is 0 Å². The van der Waals surface area contributed by atoms with E-state index in [9.17, 15) is 0 Å². The van der Waals surface area contributed by atoms with E-state index in [0.29, 0.717) is 0 Å². The van der Waals surface area contributed by atoms with Crippen LogP contribution in [0.3, 0.4) is 0 Å². The first-order valence-corrected chi connectivity index (χ1v) is 23.3. The van der Waals surface area contributed by atoms with E-state index >= 15 is 0 Å². The van der Waals surface area contributed by atoms with Crippen LogP contribution in [0.5, 0.6) is 0 Å². The van der Waals surface area contributed by atoms with Gasteiger partial charge in [0, 0.05) is 0 Å². The Balaban J connectivity index is 0.000000207. The van der Waals surface area contributed by atoms with Crippen molar-refractivity contribution in [3.63, 3.8) is 0 Å². The third kappa shape index (κ3) is 9.91. The first kappa shape index (κ1) is 43.2. The van der Waals surface area contributed by atoms with E-state index in [2.05, 4.69) is 224 Å². The Morgan fingerprint density at radius 2 is 1.03 bits per heavy atom. The molecular formula is C61H56Zr. The molecule has 0 saturated carbocycles. The van der Waals surface area contributed by atoms with Crippen molar-refractivity contribution >= 4 is 24.8 Å². The van der Waals surface area contributed by atoms with Crippen LogP contribution >= 0.6 is 0 Å². The Morgan fingerprint density at radius 3 is 1.56 bits per heavy atom. The summed E-state index contributed by atoms with van der Waals surface area (Å²) in [5.74, 6) is 0. The molecule has 0 aliphatic heterocycles. The van der Waals surface area contributed by atoms with Gasteiger partial charge in [-0.15, -0.1) is 35.2 Å². The van der Waals surface area contributed by atoms with Gasteiger partial charge in [-0.25, -0.2) is 12.2 Å². The molecule has 0 N–H and O–H groups in total. The molecule has 0 aromatic heterocycles. The quantitative estimate of drug-likeness (QED) is 0.146. The average molecular weight is 880 g/mol. The fourth-order valence-corrected chi connectivity index (χ4v) is 9.84. The first-order chi connectivity index (χ1) is 29.9. The second-order valence-electron chi connectivity index (χ2n) is 18.7. The van der Waals surface area contributed by atoms with Gasteiger partial charge in [-0.05, 0) is 55.7 Å². The summed E-state index contributed by atoms with van der Waals surface area (Å²) in [6.07, 6.45) is 13.1. The maximum absolute atomic E-state index is 4.00. The van der Waals surface area contributed by atoms with Gasteiger partial charge in [0.2, 0.25) is 0 Å². The number of allylic oxidation sites excluding steroid dienone is 4. The molecule has 10 rings (SSSR count). The average Bonchev–Trinajstić information content (AvgIpc) is 3.98. The zero-order chi connectivity index (χ0) is 43.3. The van der Waals surface area contributed by atoms with Gasteiger partial charge in [0.15, 0.2) is 0 Å². The van der Waals surface area contributed by atoms with Crippen molar-refractivity contribution in [2.75, 3.05) is 0 Å². The van der Waals surface area contributed by atoms with E-state index in [4.69, 9.17) is 0 Å². The molecule has 0 unspecified atom stereocenters.